The molecule has 4 rings (SSSR count). The summed E-state index contributed by atoms with van der Waals surface area (Å²) in [7, 11) is 0. The number of benzene rings is 4. The topological polar surface area (TPSA) is 0 Å². The fraction of sp³-hybridized carbons (Fsp3) is 0.217. The standard InChI is InChI=1S/C23H22/c1-15-13-20-18-11-7-5-9-16(18)17-10-6-8-12-19(17)21(20)14-22(15)23(2,3)4/h5-14H,1-4H3. The zero-order chi connectivity index (χ0) is 16.2. The van der Waals surface area contributed by atoms with Crippen molar-refractivity contribution >= 4 is 32.3 Å². The molecule has 0 spiro atoms. The van der Waals surface area contributed by atoms with Crippen LogP contribution in [0.4, 0.5) is 0 Å². The minimum atomic E-state index is 0.158. The van der Waals surface area contributed by atoms with Gasteiger partial charge in [0.05, 0.1) is 0 Å². The summed E-state index contributed by atoms with van der Waals surface area (Å²) < 4.78 is 0. The summed E-state index contributed by atoms with van der Waals surface area (Å²) in [6.45, 7) is 9.13. The molecule has 0 aliphatic rings. The van der Waals surface area contributed by atoms with Gasteiger partial charge in [-0.25, -0.2) is 0 Å². The Hall–Kier alpha value is -2.34. The normalized spacial score (nSPS) is 12.3. The molecule has 4 aromatic carbocycles. The molecule has 0 bridgehead atoms. The lowest BCUT2D eigenvalue weighted by molar-refractivity contribution is 0.587. The van der Waals surface area contributed by atoms with Crippen molar-refractivity contribution in [2.24, 2.45) is 0 Å². The largest absolute Gasteiger partial charge is 0.0616 e. The molecule has 0 nitrogen and oxygen atoms in total. The van der Waals surface area contributed by atoms with E-state index in [0.29, 0.717) is 0 Å². The number of hydrogen-bond donors (Lipinski definition) is 0. The maximum atomic E-state index is 2.42. The van der Waals surface area contributed by atoms with E-state index in [0.717, 1.165) is 0 Å². The summed E-state index contributed by atoms with van der Waals surface area (Å²) >= 11 is 0. The third-order valence-corrected chi connectivity index (χ3v) is 4.90. The molecule has 4 aromatic rings. The molecule has 0 heteroatoms. The monoisotopic (exact) mass is 298 g/mol. The second-order valence-electron chi connectivity index (χ2n) is 7.55. The van der Waals surface area contributed by atoms with Gasteiger partial charge in [-0.3, -0.25) is 0 Å². The van der Waals surface area contributed by atoms with E-state index in [9.17, 15) is 0 Å². The molecule has 0 saturated heterocycles. The minimum absolute atomic E-state index is 0.158. The number of fused-ring (bicyclic) bond motifs is 6. The Kier molecular flexibility index (Phi) is 2.99. The predicted octanol–water partition coefficient (Wildman–Crippen LogP) is 6.75. The number of hydrogen-bond acceptors (Lipinski definition) is 0. The molecule has 0 radical (unpaired) electrons. The molecule has 23 heavy (non-hydrogen) atoms. The van der Waals surface area contributed by atoms with Crippen molar-refractivity contribution < 1.29 is 0 Å². The van der Waals surface area contributed by atoms with Crippen LogP contribution >= 0.6 is 0 Å². The van der Waals surface area contributed by atoms with Crippen molar-refractivity contribution in [3.63, 3.8) is 0 Å². The molecule has 0 N–H and O–H groups in total. The molecule has 0 aliphatic heterocycles. The maximum Gasteiger partial charge on any atom is -0.00958 e. The number of rotatable bonds is 0. The average molecular weight is 298 g/mol. The molecule has 0 amide bonds. The first-order valence-electron chi connectivity index (χ1n) is 8.31. The van der Waals surface area contributed by atoms with E-state index >= 15 is 0 Å². The van der Waals surface area contributed by atoms with E-state index in [1.54, 1.807) is 0 Å². The van der Waals surface area contributed by atoms with Crippen molar-refractivity contribution in [3.05, 3.63) is 71.8 Å². The summed E-state index contributed by atoms with van der Waals surface area (Å²) in [5.74, 6) is 0. The van der Waals surface area contributed by atoms with Crippen LogP contribution in [0, 0.1) is 6.92 Å². The predicted molar refractivity (Wildman–Crippen MR) is 102 cm³/mol. The first-order chi connectivity index (χ1) is 11.0. The highest BCUT2D eigenvalue weighted by Gasteiger charge is 2.18. The van der Waals surface area contributed by atoms with Crippen LogP contribution in [-0.4, -0.2) is 0 Å². The lowest BCUT2D eigenvalue weighted by atomic mass is 9.81. The van der Waals surface area contributed by atoms with Crippen LogP contribution < -0.4 is 0 Å². The highest BCUT2D eigenvalue weighted by Crippen LogP contribution is 2.38. The van der Waals surface area contributed by atoms with Crippen molar-refractivity contribution in [1.29, 1.82) is 0 Å². The van der Waals surface area contributed by atoms with E-state index in [4.69, 9.17) is 0 Å². The first-order valence-corrected chi connectivity index (χ1v) is 8.31. The van der Waals surface area contributed by atoms with E-state index in [1.807, 2.05) is 0 Å². The van der Waals surface area contributed by atoms with Gasteiger partial charge in [0, 0.05) is 0 Å². The zero-order valence-electron chi connectivity index (χ0n) is 14.3. The molecule has 114 valence electrons. The first kappa shape index (κ1) is 14.3. The molecule has 0 saturated carbocycles. The van der Waals surface area contributed by atoms with Crippen molar-refractivity contribution in [1.82, 2.24) is 0 Å². The van der Waals surface area contributed by atoms with Crippen LogP contribution in [0.2, 0.25) is 0 Å². The molecule has 0 aliphatic carbocycles. The molecule has 0 atom stereocenters. The van der Waals surface area contributed by atoms with Gasteiger partial charge in [-0.05, 0) is 61.8 Å². The number of aryl methyl sites for hydroxylation is 1. The fourth-order valence-electron chi connectivity index (χ4n) is 3.87. The Morgan fingerprint density at radius 1 is 0.565 bits per heavy atom. The Morgan fingerprint density at radius 3 is 1.39 bits per heavy atom. The van der Waals surface area contributed by atoms with Crippen LogP contribution in [0.15, 0.2) is 60.7 Å². The molecule has 0 fully saturated rings. The average Bonchev–Trinajstić information content (AvgIpc) is 2.53. The summed E-state index contributed by atoms with van der Waals surface area (Å²) in [5.41, 5.74) is 2.97. The van der Waals surface area contributed by atoms with E-state index in [2.05, 4.69) is 88.4 Å². The second-order valence-corrected chi connectivity index (χ2v) is 7.55. The van der Waals surface area contributed by atoms with Crippen LogP contribution in [0.1, 0.15) is 31.9 Å². The quantitative estimate of drug-likeness (QED) is 0.315. The second kappa shape index (κ2) is 4.83. The zero-order valence-corrected chi connectivity index (χ0v) is 14.3. The van der Waals surface area contributed by atoms with E-state index in [-0.39, 0.29) is 5.41 Å². The van der Waals surface area contributed by atoms with Gasteiger partial charge in [-0.15, -0.1) is 0 Å². The van der Waals surface area contributed by atoms with Gasteiger partial charge in [-0.1, -0.05) is 75.4 Å². The van der Waals surface area contributed by atoms with Gasteiger partial charge in [-0.2, -0.15) is 0 Å². The molecular weight excluding hydrogens is 276 g/mol. The molecule has 0 aromatic heterocycles. The van der Waals surface area contributed by atoms with Gasteiger partial charge in [0.2, 0.25) is 0 Å². The summed E-state index contributed by atoms with van der Waals surface area (Å²) in [6, 6.07) is 22.3. The lowest BCUT2D eigenvalue weighted by Crippen LogP contribution is -2.13. The Morgan fingerprint density at radius 2 is 0.957 bits per heavy atom. The summed E-state index contributed by atoms with van der Waals surface area (Å²) in [4.78, 5) is 0. The maximum absolute atomic E-state index is 2.42. The Labute approximate surface area is 137 Å². The van der Waals surface area contributed by atoms with E-state index < -0.39 is 0 Å². The molecule has 0 heterocycles. The van der Waals surface area contributed by atoms with E-state index in [1.165, 1.54) is 43.4 Å². The van der Waals surface area contributed by atoms with Crippen LogP contribution in [0.25, 0.3) is 32.3 Å². The SMILES string of the molecule is Cc1cc2c3ccccc3c3ccccc3c2cc1C(C)(C)C. The van der Waals surface area contributed by atoms with Crippen LogP contribution in [0.5, 0.6) is 0 Å². The third-order valence-electron chi connectivity index (χ3n) is 4.90. The highest BCUT2D eigenvalue weighted by atomic mass is 14.2. The van der Waals surface area contributed by atoms with Gasteiger partial charge in [0.15, 0.2) is 0 Å². The van der Waals surface area contributed by atoms with Crippen LogP contribution in [0.3, 0.4) is 0 Å². The Bertz CT molecular complexity index is 1050. The van der Waals surface area contributed by atoms with Crippen molar-refractivity contribution in [2.75, 3.05) is 0 Å². The molecule has 0 unspecified atom stereocenters. The van der Waals surface area contributed by atoms with Gasteiger partial charge in [0.1, 0.15) is 0 Å². The van der Waals surface area contributed by atoms with Crippen molar-refractivity contribution in [3.8, 4) is 0 Å². The summed E-state index contributed by atoms with van der Waals surface area (Å²) in [5, 5.41) is 8.13. The Balaban J connectivity index is 2.31. The minimum Gasteiger partial charge on any atom is -0.0616 e. The summed E-state index contributed by atoms with van der Waals surface area (Å²) in [6.07, 6.45) is 0. The van der Waals surface area contributed by atoms with Gasteiger partial charge < -0.3 is 0 Å². The lowest BCUT2D eigenvalue weighted by Gasteiger charge is -2.23. The smallest absolute Gasteiger partial charge is 0.00958 e. The highest BCUT2D eigenvalue weighted by molar-refractivity contribution is 6.25. The fourth-order valence-corrected chi connectivity index (χ4v) is 3.87. The van der Waals surface area contributed by atoms with Crippen LogP contribution in [-0.2, 0) is 5.41 Å². The van der Waals surface area contributed by atoms with Crippen molar-refractivity contribution in [2.45, 2.75) is 33.1 Å². The van der Waals surface area contributed by atoms with Gasteiger partial charge in [0.25, 0.3) is 0 Å². The van der Waals surface area contributed by atoms with Gasteiger partial charge >= 0.3 is 0 Å². The molecular formula is C23H22. The third kappa shape index (κ3) is 2.13.